The highest BCUT2D eigenvalue weighted by Crippen LogP contribution is 2.20. The fourth-order valence-electron chi connectivity index (χ4n) is 3.68. The number of piperidine rings is 1. The number of nitrogens with zero attached hydrogens (tertiary/aromatic N) is 2. The van der Waals surface area contributed by atoms with Crippen LogP contribution in [0.4, 0.5) is 10.5 Å². The molecular weight excluding hydrogens is 350 g/mol. The number of anilines is 1. The van der Waals surface area contributed by atoms with Gasteiger partial charge in [0, 0.05) is 31.9 Å². The second-order valence-electron chi connectivity index (χ2n) is 7.23. The number of hydrogen-bond acceptors (Lipinski definition) is 2. The minimum Gasteiger partial charge on any atom is -0.342 e. The zero-order valence-electron chi connectivity index (χ0n) is 16.5. The van der Waals surface area contributed by atoms with E-state index in [2.05, 4.69) is 17.4 Å². The molecule has 0 aliphatic carbocycles. The Bertz CT molecular complexity index is 764. The first kappa shape index (κ1) is 19.9. The highest BCUT2D eigenvalue weighted by Gasteiger charge is 2.30. The number of nitrogens with one attached hydrogen (secondary N) is 1. The van der Waals surface area contributed by atoms with Crippen LogP contribution in [0.3, 0.4) is 0 Å². The number of carbonyl (C=O) groups is 2. The van der Waals surface area contributed by atoms with Crippen LogP contribution in [-0.2, 0) is 11.2 Å². The lowest BCUT2D eigenvalue weighted by atomic mass is 9.96. The van der Waals surface area contributed by atoms with Gasteiger partial charge in [0.25, 0.3) is 0 Å². The minimum atomic E-state index is -0.129. The van der Waals surface area contributed by atoms with E-state index in [4.69, 9.17) is 0 Å². The second-order valence-corrected chi connectivity index (χ2v) is 7.23. The van der Waals surface area contributed by atoms with E-state index in [0.717, 1.165) is 24.9 Å². The van der Waals surface area contributed by atoms with Crippen LogP contribution < -0.4 is 5.32 Å². The first-order chi connectivity index (χ1) is 13.7. The number of para-hydroxylation sites is 1. The van der Waals surface area contributed by atoms with Gasteiger partial charge in [-0.1, -0.05) is 48.5 Å². The maximum Gasteiger partial charge on any atom is 0.321 e. The number of likely N-dealkylation sites (tertiary alicyclic amines) is 1. The Hall–Kier alpha value is -2.82. The third-order valence-corrected chi connectivity index (χ3v) is 5.29. The van der Waals surface area contributed by atoms with Crippen LogP contribution in [0.2, 0.25) is 0 Å². The van der Waals surface area contributed by atoms with Gasteiger partial charge >= 0.3 is 6.03 Å². The molecule has 1 aliphatic heterocycles. The first-order valence-corrected chi connectivity index (χ1v) is 10.1. The number of likely N-dealkylation sites (N-methyl/N-ethyl adjacent to an activating group) is 1. The Morgan fingerprint density at radius 1 is 1.07 bits per heavy atom. The van der Waals surface area contributed by atoms with Crippen molar-refractivity contribution in [3.8, 4) is 0 Å². The summed E-state index contributed by atoms with van der Waals surface area (Å²) in [5, 5.41) is 2.92. The summed E-state index contributed by atoms with van der Waals surface area (Å²) in [4.78, 5) is 29.3. The van der Waals surface area contributed by atoms with Gasteiger partial charge in [-0.3, -0.25) is 4.79 Å². The van der Waals surface area contributed by atoms with Gasteiger partial charge < -0.3 is 15.1 Å². The molecule has 3 rings (SSSR count). The molecule has 1 fully saturated rings. The van der Waals surface area contributed by atoms with E-state index >= 15 is 0 Å². The molecule has 1 atom stereocenters. The molecule has 5 nitrogen and oxygen atoms in total. The number of amides is 3. The predicted octanol–water partition coefficient (Wildman–Crippen LogP) is 4.02. The fourth-order valence-corrected chi connectivity index (χ4v) is 3.68. The molecule has 2 aromatic rings. The van der Waals surface area contributed by atoms with Crippen molar-refractivity contribution in [2.75, 3.05) is 31.5 Å². The third kappa shape index (κ3) is 5.35. The molecule has 1 N–H and O–H groups in total. The summed E-state index contributed by atoms with van der Waals surface area (Å²) in [5.74, 6) is 0.0432. The molecule has 148 valence electrons. The average molecular weight is 380 g/mol. The standard InChI is InChI=1S/C23H29N3O2/c1-2-25(17-15-19-10-5-3-6-11-19)22(27)20-12-9-16-26(18-20)23(28)24-21-13-7-4-8-14-21/h3-8,10-11,13-14,20H,2,9,12,15-18H2,1H3,(H,24,28). The maximum atomic E-state index is 13.0. The lowest BCUT2D eigenvalue weighted by molar-refractivity contribution is -0.136. The number of rotatable bonds is 6. The number of carbonyl (C=O) groups excluding carboxylic acids is 2. The van der Waals surface area contributed by atoms with Crippen molar-refractivity contribution < 1.29 is 9.59 Å². The molecule has 2 aromatic carbocycles. The van der Waals surface area contributed by atoms with Gasteiger partial charge in [0.2, 0.25) is 5.91 Å². The van der Waals surface area contributed by atoms with Gasteiger partial charge in [-0.05, 0) is 43.9 Å². The molecule has 1 unspecified atom stereocenters. The van der Waals surface area contributed by atoms with E-state index in [1.807, 2.05) is 60.4 Å². The van der Waals surface area contributed by atoms with Gasteiger partial charge in [-0.15, -0.1) is 0 Å². The van der Waals surface area contributed by atoms with Crippen LogP contribution in [-0.4, -0.2) is 47.9 Å². The van der Waals surface area contributed by atoms with Crippen molar-refractivity contribution in [2.24, 2.45) is 5.92 Å². The molecule has 0 saturated carbocycles. The van der Waals surface area contributed by atoms with E-state index in [-0.39, 0.29) is 17.9 Å². The zero-order valence-corrected chi connectivity index (χ0v) is 16.5. The first-order valence-electron chi connectivity index (χ1n) is 10.1. The highest BCUT2D eigenvalue weighted by atomic mass is 16.2. The van der Waals surface area contributed by atoms with E-state index in [0.29, 0.717) is 26.2 Å². The van der Waals surface area contributed by atoms with Crippen molar-refractivity contribution in [1.29, 1.82) is 0 Å². The van der Waals surface area contributed by atoms with Gasteiger partial charge in [0.05, 0.1) is 5.92 Å². The topological polar surface area (TPSA) is 52.7 Å². The lowest BCUT2D eigenvalue weighted by Crippen LogP contribution is -2.48. The summed E-state index contributed by atoms with van der Waals surface area (Å²) >= 11 is 0. The molecular formula is C23H29N3O2. The summed E-state index contributed by atoms with van der Waals surface area (Å²) in [6.45, 7) is 4.61. The largest absolute Gasteiger partial charge is 0.342 e. The summed E-state index contributed by atoms with van der Waals surface area (Å²) in [7, 11) is 0. The van der Waals surface area contributed by atoms with Crippen LogP contribution in [0.1, 0.15) is 25.3 Å². The third-order valence-electron chi connectivity index (χ3n) is 5.29. The van der Waals surface area contributed by atoms with Gasteiger partial charge in [0.1, 0.15) is 0 Å². The number of benzene rings is 2. The zero-order chi connectivity index (χ0) is 19.8. The van der Waals surface area contributed by atoms with Crippen LogP contribution in [0, 0.1) is 5.92 Å². The quantitative estimate of drug-likeness (QED) is 0.824. The van der Waals surface area contributed by atoms with Crippen LogP contribution in [0.25, 0.3) is 0 Å². The second kappa shape index (κ2) is 9.93. The molecule has 5 heteroatoms. The molecule has 1 saturated heterocycles. The SMILES string of the molecule is CCN(CCc1ccccc1)C(=O)C1CCCN(C(=O)Nc2ccccc2)C1. The molecule has 1 aliphatic rings. The van der Waals surface area contributed by atoms with Crippen molar-refractivity contribution in [3.05, 3.63) is 66.2 Å². The molecule has 0 bridgehead atoms. The van der Waals surface area contributed by atoms with Crippen LogP contribution in [0.15, 0.2) is 60.7 Å². The summed E-state index contributed by atoms with van der Waals surface area (Å²) < 4.78 is 0. The van der Waals surface area contributed by atoms with Gasteiger partial charge in [-0.2, -0.15) is 0 Å². The molecule has 0 spiro atoms. The van der Waals surface area contributed by atoms with Crippen molar-refractivity contribution in [2.45, 2.75) is 26.2 Å². The van der Waals surface area contributed by atoms with Gasteiger partial charge in [0.15, 0.2) is 0 Å². The Morgan fingerprint density at radius 2 is 1.75 bits per heavy atom. The Labute approximate surface area is 167 Å². The minimum absolute atomic E-state index is 0.119. The summed E-state index contributed by atoms with van der Waals surface area (Å²) in [5.41, 5.74) is 2.01. The Balaban J connectivity index is 1.55. The van der Waals surface area contributed by atoms with Crippen molar-refractivity contribution in [1.82, 2.24) is 9.80 Å². The Morgan fingerprint density at radius 3 is 2.43 bits per heavy atom. The van der Waals surface area contributed by atoms with Gasteiger partial charge in [-0.25, -0.2) is 4.79 Å². The molecule has 1 heterocycles. The van der Waals surface area contributed by atoms with E-state index < -0.39 is 0 Å². The smallest absolute Gasteiger partial charge is 0.321 e. The monoisotopic (exact) mass is 379 g/mol. The highest BCUT2D eigenvalue weighted by molar-refractivity contribution is 5.90. The van der Waals surface area contributed by atoms with Crippen molar-refractivity contribution in [3.63, 3.8) is 0 Å². The summed E-state index contributed by atoms with van der Waals surface area (Å²) in [6.07, 6.45) is 2.55. The van der Waals surface area contributed by atoms with Crippen LogP contribution in [0.5, 0.6) is 0 Å². The van der Waals surface area contributed by atoms with Crippen molar-refractivity contribution >= 4 is 17.6 Å². The van der Waals surface area contributed by atoms with E-state index in [9.17, 15) is 9.59 Å². The number of hydrogen-bond donors (Lipinski definition) is 1. The molecule has 3 amide bonds. The van der Waals surface area contributed by atoms with E-state index in [1.54, 1.807) is 4.90 Å². The molecule has 0 aromatic heterocycles. The summed E-state index contributed by atoms with van der Waals surface area (Å²) in [6, 6.07) is 19.5. The van der Waals surface area contributed by atoms with E-state index in [1.165, 1.54) is 5.56 Å². The predicted molar refractivity (Wildman–Crippen MR) is 112 cm³/mol. The maximum absolute atomic E-state index is 13.0. The molecule has 28 heavy (non-hydrogen) atoms. The molecule has 0 radical (unpaired) electrons. The lowest BCUT2D eigenvalue weighted by Gasteiger charge is -2.34. The normalized spacial score (nSPS) is 16.5. The average Bonchev–Trinajstić information content (AvgIpc) is 2.75. The Kier molecular flexibility index (Phi) is 7.06. The van der Waals surface area contributed by atoms with Crippen LogP contribution >= 0.6 is 0 Å². The fraction of sp³-hybridized carbons (Fsp3) is 0.391. The number of urea groups is 1.